The molecular formula is C40H72NO12P. The van der Waals surface area contributed by atoms with Crippen molar-refractivity contribution in [2.24, 2.45) is 0 Å². The summed E-state index contributed by atoms with van der Waals surface area (Å²) in [6.45, 7) is 3.54. The summed E-state index contributed by atoms with van der Waals surface area (Å²) in [5.74, 6) is -0.621. The molecule has 14 heteroatoms. The van der Waals surface area contributed by atoms with E-state index in [4.69, 9.17) is 9.05 Å². The first-order valence-electron chi connectivity index (χ1n) is 20.2. The summed E-state index contributed by atoms with van der Waals surface area (Å²) in [4.78, 5) is 23.3. The van der Waals surface area contributed by atoms with Crippen molar-refractivity contribution in [1.29, 1.82) is 0 Å². The van der Waals surface area contributed by atoms with E-state index < -0.39 is 75.2 Å². The Morgan fingerprint density at radius 3 is 1.72 bits per heavy atom. The van der Waals surface area contributed by atoms with Gasteiger partial charge in [0.05, 0.1) is 31.3 Å². The largest absolute Gasteiger partial charge is 0.472 e. The van der Waals surface area contributed by atoms with Crippen LogP contribution in [0.15, 0.2) is 48.6 Å². The number of aliphatic hydroxyl groups is 7. The third-order valence-corrected chi connectivity index (χ3v) is 10.4. The molecule has 9 N–H and O–H groups in total. The van der Waals surface area contributed by atoms with Crippen molar-refractivity contribution >= 4 is 13.7 Å². The average molecular weight is 790 g/mol. The van der Waals surface area contributed by atoms with Gasteiger partial charge in [0, 0.05) is 0 Å². The highest BCUT2D eigenvalue weighted by Gasteiger charge is 2.51. The fourth-order valence-electron chi connectivity index (χ4n) is 6.04. The lowest BCUT2D eigenvalue weighted by Gasteiger charge is -2.41. The number of allylic oxidation sites excluding steroid dienone is 7. The molecule has 54 heavy (non-hydrogen) atoms. The van der Waals surface area contributed by atoms with Gasteiger partial charge in [-0.25, -0.2) is 4.57 Å². The van der Waals surface area contributed by atoms with Gasteiger partial charge in [-0.15, -0.1) is 0 Å². The maximum absolute atomic E-state index is 12.9. The summed E-state index contributed by atoms with van der Waals surface area (Å²) in [7, 11) is -5.15. The standard InChI is InChI=1S/C40H72NO12P/c1-3-5-7-9-11-13-15-16-17-18-19-21-23-25-27-31(42)29-34(44)41-32(33(43)28-26-24-22-20-14-12-10-8-6-4-2)30-52-54(50,51)53-40-38(48)36(46)35(45)37(47)39(40)49/h6,8,14,17-18,20,26,28,31-33,35-40,42-43,45-49H,3-5,7,9-13,15-16,19,21-25,27,29-30H2,1-2H3,(H,41,44)(H,50,51)/b8-6+,18-17-,20-14+,28-26+. The second kappa shape index (κ2) is 30.4. The Morgan fingerprint density at radius 1 is 0.667 bits per heavy atom. The topological polar surface area (TPSA) is 226 Å². The number of carbonyl (C=O) groups is 1. The van der Waals surface area contributed by atoms with Crippen molar-refractivity contribution in [3.63, 3.8) is 0 Å². The molecule has 0 spiro atoms. The predicted molar refractivity (Wildman–Crippen MR) is 210 cm³/mol. The maximum Gasteiger partial charge on any atom is 0.472 e. The van der Waals surface area contributed by atoms with E-state index in [9.17, 15) is 50.0 Å². The normalized spacial score (nSPS) is 25.1. The summed E-state index contributed by atoms with van der Waals surface area (Å²) in [5, 5.41) is 74.0. The molecule has 1 fully saturated rings. The lowest BCUT2D eigenvalue weighted by atomic mass is 9.85. The Morgan fingerprint density at radius 2 is 1.15 bits per heavy atom. The van der Waals surface area contributed by atoms with Crippen LogP contribution in [0.4, 0.5) is 0 Å². The van der Waals surface area contributed by atoms with Crippen LogP contribution in [0.25, 0.3) is 0 Å². The third kappa shape index (κ3) is 22.7. The minimum absolute atomic E-state index is 0.268. The molecule has 0 aromatic rings. The van der Waals surface area contributed by atoms with Gasteiger partial charge >= 0.3 is 7.82 Å². The van der Waals surface area contributed by atoms with Crippen LogP contribution in [-0.4, -0.2) is 108 Å². The van der Waals surface area contributed by atoms with Crippen LogP contribution in [0.5, 0.6) is 0 Å². The Hall–Kier alpha value is -1.74. The van der Waals surface area contributed by atoms with Crippen molar-refractivity contribution in [1.82, 2.24) is 5.32 Å². The van der Waals surface area contributed by atoms with Gasteiger partial charge in [-0.3, -0.25) is 13.8 Å². The van der Waals surface area contributed by atoms with E-state index in [2.05, 4.69) is 49.5 Å². The zero-order valence-corrected chi connectivity index (χ0v) is 33.5. The van der Waals surface area contributed by atoms with Gasteiger partial charge in [0.2, 0.25) is 5.91 Å². The van der Waals surface area contributed by atoms with Gasteiger partial charge in [0.15, 0.2) is 0 Å². The van der Waals surface area contributed by atoms with Crippen molar-refractivity contribution < 1.29 is 59.0 Å². The van der Waals surface area contributed by atoms with E-state index in [1.165, 1.54) is 51.0 Å². The van der Waals surface area contributed by atoms with Gasteiger partial charge in [-0.05, 0) is 64.2 Å². The molecule has 0 aromatic carbocycles. The first-order chi connectivity index (χ1) is 25.8. The monoisotopic (exact) mass is 789 g/mol. The number of aliphatic hydroxyl groups excluding tert-OH is 7. The second-order valence-electron chi connectivity index (χ2n) is 14.3. The summed E-state index contributed by atoms with van der Waals surface area (Å²) in [6, 6.07) is -1.27. The van der Waals surface area contributed by atoms with Crippen molar-refractivity contribution in [2.45, 2.75) is 191 Å². The second-order valence-corrected chi connectivity index (χ2v) is 15.7. The number of amides is 1. The van der Waals surface area contributed by atoms with Gasteiger partial charge in [0.25, 0.3) is 0 Å². The van der Waals surface area contributed by atoms with Crippen LogP contribution in [0.2, 0.25) is 0 Å². The van der Waals surface area contributed by atoms with Crippen LogP contribution < -0.4 is 5.32 Å². The van der Waals surface area contributed by atoms with Gasteiger partial charge < -0.3 is 46.0 Å². The molecule has 314 valence electrons. The number of carbonyl (C=O) groups excluding carboxylic acids is 1. The number of rotatable bonds is 31. The molecule has 8 atom stereocenters. The van der Waals surface area contributed by atoms with Gasteiger partial charge in [0.1, 0.15) is 36.6 Å². The third-order valence-electron chi connectivity index (χ3n) is 9.38. The zero-order chi connectivity index (χ0) is 40.2. The fourth-order valence-corrected chi connectivity index (χ4v) is 7.00. The van der Waals surface area contributed by atoms with Crippen molar-refractivity contribution in [2.75, 3.05) is 6.61 Å². The number of unbranched alkanes of at least 4 members (excludes halogenated alkanes) is 12. The highest BCUT2D eigenvalue weighted by Crippen LogP contribution is 2.47. The molecule has 1 aliphatic carbocycles. The first-order valence-corrected chi connectivity index (χ1v) is 21.7. The number of hydrogen-bond donors (Lipinski definition) is 9. The lowest BCUT2D eigenvalue weighted by molar-refractivity contribution is -0.220. The van der Waals surface area contributed by atoms with Crippen LogP contribution in [0.1, 0.15) is 136 Å². The molecule has 1 rings (SSSR count). The number of phosphoric acid groups is 1. The van der Waals surface area contributed by atoms with Crippen molar-refractivity contribution in [3.05, 3.63) is 48.6 Å². The lowest BCUT2D eigenvalue weighted by Crippen LogP contribution is -2.64. The van der Waals surface area contributed by atoms with Crippen molar-refractivity contribution in [3.8, 4) is 0 Å². The van der Waals surface area contributed by atoms with Gasteiger partial charge in [-0.2, -0.15) is 0 Å². The van der Waals surface area contributed by atoms with E-state index in [1.807, 2.05) is 6.08 Å². The molecule has 0 bridgehead atoms. The van der Waals surface area contributed by atoms with E-state index in [0.29, 0.717) is 19.3 Å². The van der Waals surface area contributed by atoms with Crippen LogP contribution >= 0.6 is 7.82 Å². The molecule has 13 nitrogen and oxygen atoms in total. The van der Waals surface area contributed by atoms with E-state index in [1.54, 1.807) is 6.08 Å². The summed E-state index contributed by atoms with van der Waals surface area (Å²) in [5.41, 5.74) is 0. The minimum atomic E-state index is -5.15. The van der Waals surface area contributed by atoms with E-state index >= 15 is 0 Å². The fraction of sp³-hybridized carbons (Fsp3) is 0.775. The highest BCUT2D eigenvalue weighted by atomic mass is 31.2. The van der Waals surface area contributed by atoms with E-state index in [0.717, 1.165) is 51.4 Å². The summed E-state index contributed by atoms with van der Waals surface area (Å²) < 4.78 is 22.7. The summed E-state index contributed by atoms with van der Waals surface area (Å²) >= 11 is 0. The first kappa shape index (κ1) is 50.3. The molecule has 0 heterocycles. The molecule has 1 amide bonds. The molecular weight excluding hydrogens is 717 g/mol. The number of nitrogens with one attached hydrogen (secondary N) is 1. The Balaban J connectivity index is 2.64. The highest BCUT2D eigenvalue weighted by molar-refractivity contribution is 7.47. The molecule has 0 saturated heterocycles. The molecule has 0 radical (unpaired) electrons. The Kier molecular flexibility index (Phi) is 28.3. The number of phosphoric ester groups is 1. The average Bonchev–Trinajstić information content (AvgIpc) is 3.14. The maximum atomic E-state index is 12.9. The molecule has 1 saturated carbocycles. The van der Waals surface area contributed by atoms with Crippen LogP contribution in [-0.2, 0) is 18.4 Å². The number of hydrogen-bond acceptors (Lipinski definition) is 11. The van der Waals surface area contributed by atoms with Crippen LogP contribution in [0.3, 0.4) is 0 Å². The SMILES string of the molecule is CC/C=C/CC/C=C/CC/C=C/C(O)C(COP(=O)(O)OC1C(O)C(O)C(O)C(O)C1O)NC(=O)CC(O)CCCCC/C=C\CCCCCCCCC. The molecule has 8 unspecified atom stereocenters. The molecule has 0 aromatic heterocycles. The minimum Gasteiger partial charge on any atom is -0.393 e. The van der Waals surface area contributed by atoms with Gasteiger partial charge in [-0.1, -0.05) is 114 Å². The smallest absolute Gasteiger partial charge is 0.393 e. The Labute approximate surface area is 323 Å². The predicted octanol–water partition coefficient (Wildman–Crippen LogP) is 5.19. The molecule has 0 aliphatic heterocycles. The zero-order valence-electron chi connectivity index (χ0n) is 32.6. The van der Waals surface area contributed by atoms with Crippen LogP contribution in [0, 0.1) is 0 Å². The Bertz CT molecular complexity index is 1120. The van der Waals surface area contributed by atoms with E-state index in [-0.39, 0.29) is 6.42 Å². The quantitative estimate of drug-likeness (QED) is 0.0251. The molecule has 1 aliphatic rings. The summed E-state index contributed by atoms with van der Waals surface area (Å²) in [6.07, 6.45) is 19.5.